The first-order chi connectivity index (χ1) is 16.9. The number of likely N-dealkylation sites (tertiary alicyclic amines) is 1. The van der Waals surface area contributed by atoms with Gasteiger partial charge in [0.2, 0.25) is 5.91 Å². The molecule has 0 spiro atoms. The number of piperidine rings is 1. The summed E-state index contributed by atoms with van der Waals surface area (Å²) in [5.41, 5.74) is 4.74. The quantitative estimate of drug-likeness (QED) is 0.539. The Morgan fingerprint density at radius 1 is 1.09 bits per heavy atom. The minimum absolute atomic E-state index is 0.0260. The molecule has 1 unspecified atom stereocenters. The lowest BCUT2D eigenvalue weighted by Gasteiger charge is -2.37. The van der Waals surface area contributed by atoms with Crippen molar-refractivity contribution in [3.63, 3.8) is 0 Å². The summed E-state index contributed by atoms with van der Waals surface area (Å²) in [6, 6.07) is 16.4. The lowest BCUT2D eigenvalue weighted by Crippen LogP contribution is -2.48. The number of fused-ring (bicyclic) bond motifs is 3. The minimum Gasteiger partial charge on any atom is -0.481 e. The number of alkyl carbamates (subject to hydrolysis) is 1. The van der Waals surface area contributed by atoms with E-state index in [1.165, 1.54) is 22.3 Å². The molecular weight excluding hydrogens is 444 g/mol. The first-order valence-electron chi connectivity index (χ1n) is 12.5. The fourth-order valence-corrected chi connectivity index (χ4v) is 5.38. The van der Waals surface area contributed by atoms with Gasteiger partial charge in [0.25, 0.3) is 0 Å². The first-order valence-corrected chi connectivity index (χ1v) is 12.5. The number of benzene rings is 2. The molecule has 0 saturated carbocycles. The highest BCUT2D eigenvalue weighted by Crippen LogP contribution is 2.44. The van der Waals surface area contributed by atoms with Gasteiger partial charge >= 0.3 is 12.1 Å². The van der Waals surface area contributed by atoms with Crippen molar-refractivity contribution < 1.29 is 24.2 Å². The normalized spacial score (nSPS) is 20.0. The van der Waals surface area contributed by atoms with E-state index < -0.39 is 12.1 Å². The predicted octanol–water partition coefficient (Wildman–Crippen LogP) is 4.65. The molecule has 0 aromatic heterocycles. The lowest BCUT2D eigenvalue weighted by molar-refractivity contribution is -0.148. The molecule has 35 heavy (non-hydrogen) atoms. The number of ether oxygens (including phenoxy) is 1. The Balaban J connectivity index is 1.19. The summed E-state index contributed by atoms with van der Waals surface area (Å²) in [5.74, 6) is -1.24. The minimum atomic E-state index is -0.781. The zero-order valence-electron chi connectivity index (χ0n) is 20.4. The topological polar surface area (TPSA) is 95.9 Å². The van der Waals surface area contributed by atoms with Crippen molar-refractivity contribution in [1.82, 2.24) is 10.2 Å². The van der Waals surface area contributed by atoms with Crippen molar-refractivity contribution in [2.75, 3.05) is 19.7 Å². The molecule has 0 radical (unpaired) electrons. The number of amides is 2. The van der Waals surface area contributed by atoms with Crippen LogP contribution < -0.4 is 5.32 Å². The second-order valence-corrected chi connectivity index (χ2v) is 9.74. The van der Waals surface area contributed by atoms with Crippen LogP contribution in [0.5, 0.6) is 0 Å². The van der Waals surface area contributed by atoms with Gasteiger partial charge in [-0.15, -0.1) is 0 Å². The second kappa shape index (κ2) is 10.9. The number of carbonyl (C=O) groups excluding carboxylic acids is 2. The molecule has 2 amide bonds. The predicted molar refractivity (Wildman–Crippen MR) is 133 cm³/mol. The summed E-state index contributed by atoms with van der Waals surface area (Å²) >= 11 is 0. The molecule has 1 heterocycles. The number of carboxylic acids is 1. The number of rotatable bonds is 8. The van der Waals surface area contributed by atoms with E-state index in [1.54, 1.807) is 0 Å². The third kappa shape index (κ3) is 5.50. The van der Waals surface area contributed by atoms with Gasteiger partial charge in [0, 0.05) is 31.0 Å². The molecule has 1 aliphatic heterocycles. The van der Waals surface area contributed by atoms with Gasteiger partial charge in [-0.25, -0.2) is 4.79 Å². The van der Waals surface area contributed by atoms with Gasteiger partial charge < -0.3 is 20.1 Å². The average molecular weight is 479 g/mol. The first kappa shape index (κ1) is 24.8. The van der Waals surface area contributed by atoms with Crippen LogP contribution in [0.25, 0.3) is 11.1 Å². The molecular formula is C28H34N2O5. The molecule has 2 N–H and O–H groups in total. The number of hydrogen-bond donors (Lipinski definition) is 2. The second-order valence-electron chi connectivity index (χ2n) is 9.74. The largest absolute Gasteiger partial charge is 0.481 e. The van der Waals surface area contributed by atoms with Crippen LogP contribution in [0, 0.1) is 11.8 Å². The van der Waals surface area contributed by atoms with Crippen LogP contribution in [-0.2, 0) is 14.3 Å². The Hall–Kier alpha value is -3.35. The Morgan fingerprint density at radius 3 is 2.31 bits per heavy atom. The fraction of sp³-hybridized carbons (Fsp3) is 0.464. The maximum atomic E-state index is 12.8. The van der Waals surface area contributed by atoms with Crippen LogP contribution in [-0.4, -0.2) is 53.7 Å². The SMILES string of the molecule is CC(CCCNC(=O)OCC1c2ccccc2-c2ccccc21)C(=O)N1CC[C@@H](C(=O)O)C[C@H]1C. The van der Waals surface area contributed by atoms with Gasteiger partial charge in [0.05, 0.1) is 5.92 Å². The van der Waals surface area contributed by atoms with Crippen LogP contribution >= 0.6 is 0 Å². The lowest BCUT2D eigenvalue weighted by atomic mass is 9.90. The van der Waals surface area contributed by atoms with Gasteiger partial charge in [0.1, 0.15) is 6.61 Å². The summed E-state index contributed by atoms with van der Waals surface area (Å²) in [7, 11) is 0. The van der Waals surface area contributed by atoms with Crippen molar-refractivity contribution >= 4 is 18.0 Å². The molecule has 2 aromatic rings. The van der Waals surface area contributed by atoms with Gasteiger partial charge in [-0.05, 0) is 54.9 Å². The van der Waals surface area contributed by atoms with E-state index in [0.29, 0.717) is 38.8 Å². The summed E-state index contributed by atoms with van der Waals surface area (Å²) < 4.78 is 5.56. The number of aliphatic carboxylic acids is 1. The summed E-state index contributed by atoms with van der Waals surface area (Å²) in [6.45, 7) is 5.01. The van der Waals surface area contributed by atoms with Gasteiger partial charge in [-0.3, -0.25) is 9.59 Å². The molecule has 1 aliphatic carbocycles. The number of hydrogen-bond acceptors (Lipinski definition) is 4. The fourth-order valence-electron chi connectivity index (χ4n) is 5.38. The molecule has 1 saturated heterocycles. The molecule has 7 heteroatoms. The smallest absolute Gasteiger partial charge is 0.407 e. The van der Waals surface area contributed by atoms with Crippen LogP contribution in [0.2, 0.25) is 0 Å². The van der Waals surface area contributed by atoms with E-state index in [0.717, 1.165) is 0 Å². The van der Waals surface area contributed by atoms with Gasteiger partial charge in [-0.1, -0.05) is 55.5 Å². The molecule has 186 valence electrons. The highest BCUT2D eigenvalue weighted by Gasteiger charge is 2.33. The van der Waals surface area contributed by atoms with Crippen molar-refractivity contribution in [2.45, 2.75) is 51.5 Å². The van der Waals surface area contributed by atoms with E-state index in [1.807, 2.05) is 43.0 Å². The van der Waals surface area contributed by atoms with Gasteiger partial charge in [0.15, 0.2) is 0 Å². The average Bonchev–Trinajstić information content (AvgIpc) is 3.18. The number of carboxylic acid groups (broad SMARTS) is 1. The highest BCUT2D eigenvalue weighted by molar-refractivity contribution is 5.80. The number of carbonyl (C=O) groups is 3. The van der Waals surface area contributed by atoms with Gasteiger partial charge in [-0.2, -0.15) is 0 Å². The van der Waals surface area contributed by atoms with Crippen molar-refractivity contribution in [3.05, 3.63) is 59.7 Å². The van der Waals surface area contributed by atoms with E-state index in [2.05, 4.69) is 29.6 Å². The Morgan fingerprint density at radius 2 is 1.71 bits per heavy atom. The van der Waals surface area contributed by atoms with E-state index in [4.69, 9.17) is 4.74 Å². The maximum Gasteiger partial charge on any atom is 0.407 e. The molecule has 2 aromatic carbocycles. The van der Waals surface area contributed by atoms with Crippen molar-refractivity contribution in [2.24, 2.45) is 11.8 Å². The molecule has 2 aliphatic rings. The Kier molecular flexibility index (Phi) is 7.73. The Bertz CT molecular complexity index is 1040. The Labute approximate surface area is 206 Å². The number of nitrogens with zero attached hydrogens (tertiary/aromatic N) is 1. The molecule has 7 nitrogen and oxygen atoms in total. The van der Waals surface area contributed by atoms with Crippen molar-refractivity contribution in [1.29, 1.82) is 0 Å². The zero-order chi connectivity index (χ0) is 24.9. The van der Waals surface area contributed by atoms with Crippen LogP contribution in [0.3, 0.4) is 0 Å². The molecule has 3 atom stereocenters. The molecule has 1 fully saturated rings. The molecule has 4 rings (SSSR count). The third-order valence-corrected chi connectivity index (χ3v) is 7.36. The summed E-state index contributed by atoms with van der Waals surface area (Å²) in [4.78, 5) is 38.2. The summed E-state index contributed by atoms with van der Waals surface area (Å²) in [6.07, 6.45) is 1.86. The van der Waals surface area contributed by atoms with Crippen LogP contribution in [0.4, 0.5) is 4.79 Å². The molecule has 0 bridgehead atoms. The number of nitrogens with one attached hydrogen (secondary N) is 1. The zero-order valence-corrected chi connectivity index (χ0v) is 20.4. The van der Waals surface area contributed by atoms with E-state index in [-0.39, 0.29) is 36.3 Å². The summed E-state index contributed by atoms with van der Waals surface area (Å²) in [5, 5.41) is 12.0. The van der Waals surface area contributed by atoms with E-state index >= 15 is 0 Å². The standard InChI is InChI=1S/C28H34N2O5/c1-18(26(31)30-15-13-20(27(32)33)16-19(30)2)8-7-14-29-28(34)35-17-25-23-11-5-3-9-21(23)22-10-4-6-12-24(22)25/h3-6,9-12,18-20,25H,7-8,13-17H2,1-2H3,(H,29,34)(H,32,33)/t18?,19-,20-/m1/s1. The maximum absolute atomic E-state index is 12.8. The van der Waals surface area contributed by atoms with Crippen molar-refractivity contribution in [3.8, 4) is 11.1 Å². The van der Waals surface area contributed by atoms with E-state index in [9.17, 15) is 19.5 Å². The monoisotopic (exact) mass is 478 g/mol. The van der Waals surface area contributed by atoms with Crippen LogP contribution in [0.1, 0.15) is 56.6 Å². The van der Waals surface area contributed by atoms with Crippen LogP contribution in [0.15, 0.2) is 48.5 Å². The highest BCUT2D eigenvalue weighted by atomic mass is 16.5. The third-order valence-electron chi connectivity index (χ3n) is 7.36.